The summed E-state index contributed by atoms with van der Waals surface area (Å²) >= 11 is 0. The van der Waals surface area contributed by atoms with Crippen LogP contribution in [0.2, 0.25) is 0 Å². The second-order valence-corrected chi connectivity index (χ2v) is 4.78. The van der Waals surface area contributed by atoms with Crippen molar-refractivity contribution in [2.24, 2.45) is 0 Å². The zero-order chi connectivity index (χ0) is 15.9. The Balaban J connectivity index is 1.84. The molecule has 0 spiro atoms. The van der Waals surface area contributed by atoms with Gasteiger partial charge >= 0.3 is 0 Å². The highest BCUT2D eigenvalue weighted by molar-refractivity contribution is 5.91. The van der Waals surface area contributed by atoms with E-state index in [1.807, 2.05) is 0 Å². The lowest BCUT2D eigenvalue weighted by molar-refractivity contribution is -0.116. The Bertz CT molecular complexity index is 647. The number of amides is 1. The molecule has 0 fully saturated rings. The second-order valence-electron chi connectivity index (χ2n) is 4.78. The summed E-state index contributed by atoms with van der Waals surface area (Å²) in [5.74, 6) is -0.0404. The summed E-state index contributed by atoms with van der Waals surface area (Å²) in [6, 6.07) is 12.6. The molecule has 5 nitrogen and oxygen atoms in total. The van der Waals surface area contributed by atoms with Crippen molar-refractivity contribution in [3.8, 4) is 11.5 Å². The smallest absolute Gasteiger partial charge is 0.244 e. The molecule has 1 atom stereocenters. The van der Waals surface area contributed by atoms with Gasteiger partial charge in [0.1, 0.15) is 11.5 Å². The number of phenolic OH excluding ortho intramolecular Hbond substituents is 2. The topological polar surface area (TPSA) is 89.8 Å². The monoisotopic (exact) mass is 299 g/mol. The first-order valence-corrected chi connectivity index (χ1v) is 6.76. The maximum Gasteiger partial charge on any atom is 0.244 e. The van der Waals surface area contributed by atoms with Crippen LogP contribution in [0.15, 0.2) is 54.6 Å². The summed E-state index contributed by atoms with van der Waals surface area (Å²) in [5.41, 5.74) is 1.40. The predicted molar refractivity (Wildman–Crippen MR) is 83.2 cm³/mol. The summed E-state index contributed by atoms with van der Waals surface area (Å²) in [6.45, 7) is 0.0729. The van der Waals surface area contributed by atoms with Crippen LogP contribution in [0.5, 0.6) is 11.5 Å². The van der Waals surface area contributed by atoms with E-state index in [1.54, 1.807) is 30.3 Å². The van der Waals surface area contributed by atoms with E-state index >= 15 is 0 Å². The maximum atomic E-state index is 11.7. The largest absolute Gasteiger partial charge is 0.508 e. The molecule has 0 saturated carbocycles. The Morgan fingerprint density at radius 3 is 2.14 bits per heavy atom. The summed E-state index contributed by atoms with van der Waals surface area (Å²) in [6.07, 6.45) is 2.13. The van der Waals surface area contributed by atoms with E-state index in [0.717, 1.165) is 5.56 Å². The molecule has 0 heterocycles. The number of aliphatic hydroxyl groups excluding tert-OH is 1. The minimum Gasteiger partial charge on any atom is -0.508 e. The molecule has 0 saturated heterocycles. The lowest BCUT2D eigenvalue weighted by atomic mass is 10.1. The molecule has 0 aliphatic rings. The van der Waals surface area contributed by atoms with E-state index in [1.165, 1.54) is 30.3 Å². The number of hydrogen-bond acceptors (Lipinski definition) is 4. The van der Waals surface area contributed by atoms with Gasteiger partial charge in [-0.1, -0.05) is 24.3 Å². The molecule has 0 aromatic heterocycles. The number of phenols is 2. The van der Waals surface area contributed by atoms with Crippen molar-refractivity contribution in [2.75, 3.05) is 6.54 Å². The fraction of sp³-hybridized carbons (Fsp3) is 0.118. The lowest BCUT2D eigenvalue weighted by Crippen LogP contribution is -2.26. The van der Waals surface area contributed by atoms with Gasteiger partial charge < -0.3 is 20.6 Å². The highest BCUT2D eigenvalue weighted by atomic mass is 16.3. The predicted octanol–water partition coefficient (Wildman–Crippen LogP) is 1.96. The SMILES string of the molecule is O=C(C=Cc1ccc(O)cc1)NCC(O)c1ccc(O)cc1. The zero-order valence-electron chi connectivity index (χ0n) is 11.8. The van der Waals surface area contributed by atoms with Crippen LogP contribution >= 0.6 is 0 Å². The average molecular weight is 299 g/mol. The molecule has 0 bridgehead atoms. The van der Waals surface area contributed by atoms with Gasteiger partial charge in [0, 0.05) is 12.6 Å². The van der Waals surface area contributed by atoms with E-state index in [2.05, 4.69) is 5.32 Å². The molecular formula is C17H17NO4. The maximum absolute atomic E-state index is 11.7. The van der Waals surface area contributed by atoms with Gasteiger partial charge in [0.2, 0.25) is 5.91 Å². The lowest BCUT2D eigenvalue weighted by Gasteiger charge is -2.11. The van der Waals surface area contributed by atoms with Gasteiger partial charge in [-0.3, -0.25) is 4.79 Å². The van der Waals surface area contributed by atoms with Gasteiger partial charge in [-0.05, 0) is 41.5 Å². The van der Waals surface area contributed by atoms with Crippen LogP contribution < -0.4 is 5.32 Å². The fourth-order valence-corrected chi connectivity index (χ4v) is 1.83. The van der Waals surface area contributed by atoms with Crippen LogP contribution in [-0.2, 0) is 4.79 Å². The number of nitrogens with one attached hydrogen (secondary N) is 1. The van der Waals surface area contributed by atoms with E-state index in [9.17, 15) is 15.0 Å². The van der Waals surface area contributed by atoms with Gasteiger partial charge in [0.25, 0.3) is 0 Å². The molecule has 0 radical (unpaired) electrons. The number of rotatable bonds is 5. The first kappa shape index (κ1) is 15.6. The van der Waals surface area contributed by atoms with Gasteiger partial charge in [-0.15, -0.1) is 0 Å². The van der Waals surface area contributed by atoms with Crippen LogP contribution in [0, 0.1) is 0 Å². The first-order chi connectivity index (χ1) is 10.5. The van der Waals surface area contributed by atoms with Gasteiger partial charge in [0.05, 0.1) is 6.10 Å². The quantitative estimate of drug-likeness (QED) is 0.635. The normalized spacial score (nSPS) is 12.2. The standard InChI is InChI=1S/C17H17NO4/c19-14-6-1-12(2-7-14)3-10-17(22)18-11-16(21)13-4-8-15(20)9-5-13/h1-10,16,19-21H,11H2,(H,18,22). The molecule has 22 heavy (non-hydrogen) atoms. The Labute approximate surface area is 128 Å². The van der Waals surface area contributed by atoms with Crippen LogP contribution in [-0.4, -0.2) is 27.8 Å². The third-order valence-electron chi connectivity index (χ3n) is 3.07. The van der Waals surface area contributed by atoms with Gasteiger partial charge in [0.15, 0.2) is 0 Å². The molecule has 1 amide bonds. The van der Waals surface area contributed by atoms with Crippen LogP contribution in [0.3, 0.4) is 0 Å². The highest BCUT2D eigenvalue weighted by Gasteiger charge is 2.08. The molecule has 4 N–H and O–H groups in total. The fourth-order valence-electron chi connectivity index (χ4n) is 1.83. The van der Waals surface area contributed by atoms with Crippen molar-refractivity contribution < 1.29 is 20.1 Å². The second kappa shape index (κ2) is 7.28. The Morgan fingerprint density at radius 2 is 1.55 bits per heavy atom. The molecule has 2 aromatic rings. The van der Waals surface area contributed by atoms with Crippen LogP contribution in [0.1, 0.15) is 17.2 Å². The number of aromatic hydroxyl groups is 2. The Morgan fingerprint density at radius 1 is 1.00 bits per heavy atom. The molecule has 114 valence electrons. The minimum absolute atomic E-state index is 0.0729. The van der Waals surface area contributed by atoms with Crippen LogP contribution in [0.25, 0.3) is 6.08 Å². The first-order valence-electron chi connectivity index (χ1n) is 6.76. The molecule has 5 heteroatoms. The van der Waals surface area contributed by atoms with Crippen molar-refractivity contribution in [1.82, 2.24) is 5.32 Å². The summed E-state index contributed by atoms with van der Waals surface area (Å²) in [7, 11) is 0. The Kier molecular flexibility index (Phi) is 5.16. The molecule has 0 aliphatic heterocycles. The molecular weight excluding hydrogens is 282 g/mol. The number of hydrogen-bond donors (Lipinski definition) is 4. The summed E-state index contributed by atoms with van der Waals surface area (Å²) in [4.78, 5) is 11.7. The van der Waals surface area contributed by atoms with E-state index < -0.39 is 6.10 Å². The summed E-state index contributed by atoms with van der Waals surface area (Å²) in [5, 5.41) is 30.9. The Hall–Kier alpha value is -2.79. The van der Waals surface area contributed by atoms with Gasteiger partial charge in [-0.25, -0.2) is 0 Å². The summed E-state index contributed by atoms with van der Waals surface area (Å²) < 4.78 is 0. The third kappa shape index (κ3) is 4.64. The van der Waals surface area contributed by atoms with E-state index in [-0.39, 0.29) is 24.0 Å². The number of aliphatic hydroxyl groups is 1. The number of benzene rings is 2. The molecule has 1 unspecified atom stereocenters. The number of carbonyl (C=O) groups excluding carboxylic acids is 1. The molecule has 2 aromatic carbocycles. The van der Waals surface area contributed by atoms with Crippen molar-refractivity contribution >= 4 is 12.0 Å². The minimum atomic E-state index is -0.841. The van der Waals surface area contributed by atoms with Crippen molar-refractivity contribution in [3.63, 3.8) is 0 Å². The highest BCUT2D eigenvalue weighted by Crippen LogP contribution is 2.16. The van der Waals surface area contributed by atoms with Crippen molar-refractivity contribution in [1.29, 1.82) is 0 Å². The molecule has 2 rings (SSSR count). The van der Waals surface area contributed by atoms with Crippen molar-refractivity contribution in [3.05, 3.63) is 65.7 Å². The van der Waals surface area contributed by atoms with E-state index in [4.69, 9.17) is 5.11 Å². The average Bonchev–Trinajstić information content (AvgIpc) is 2.52. The van der Waals surface area contributed by atoms with E-state index in [0.29, 0.717) is 5.56 Å². The van der Waals surface area contributed by atoms with Crippen molar-refractivity contribution in [2.45, 2.75) is 6.10 Å². The zero-order valence-corrected chi connectivity index (χ0v) is 11.8. The van der Waals surface area contributed by atoms with Crippen LogP contribution in [0.4, 0.5) is 0 Å². The van der Waals surface area contributed by atoms with Gasteiger partial charge in [-0.2, -0.15) is 0 Å². The third-order valence-corrected chi connectivity index (χ3v) is 3.07. The molecule has 0 aliphatic carbocycles. The number of carbonyl (C=O) groups is 1.